The minimum absolute atomic E-state index is 0.0174. The second kappa shape index (κ2) is 2.04. The highest BCUT2D eigenvalue weighted by Gasteiger charge is 2.18. The van der Waals surface area contributed by atoms with E-state index in [9.17, 15) is 4.79 Å². The number of aliphatic hydroxyl groups is 2. The van der Waals surface area contributed by atoms with Gasteiger partial charge in [-0.1, -0.05) is 6.92 Å². The quantitative estimate of drug-likeness (QED) is 0.449. The summed E-state index contributed by atoms with van der Waals surface area (Å²) in [7, 11) is 0. The van der Waals surface area contributed by atoms with Crippen LogP contribution in [0.25, 0.3) is 0 Å². The Kier molecular flexibility index (Phi) is 1.92. The third kappa shape index (κ3) is 2.31. The van der Waals surface area contributed by atoms with Crippen LogP contribution < -0.4 is 0 Å². The Labute approximate surface area is 41.6 Å². The molecular weight excluding hydrogens is 96.0 g/mol. The van der Waals surface area contributed by atoms with Crippen LogP contribution in [0.15, 0.2) is 0 Å². The van der Waals surface area contributed by atoms with Crippen molar-refractivity contribution in [1.29, 1.82) is 0 Å². The Balaban J connectivity index is 3.58. The maximum Gasteiger partial charge on any atom is 0.262 e. The zero-order valence-corrected chi connectivity index (χ0v) is 4.01. The first-order valence-corrected chi connectivity index (χ1v) is 1.96. The fraction of sp³-hybridized carbons (Fsp3) is 0.750. The van der Waals surface area contributed by atoms with Crippen molar-refractivity contribution in [3.63, 3.8) is 0 Å². The average molecular weight is 103 g/mol. The molecule has 0 aromatic rings. The van der Waals surface area contributed by atoms with E-state index < -0.39 is 5.79 Å². The zero-order chi connectivity index (χ0) is 5.91. The van der Waals surface area contributed by atoms with E-state index in [0.29, 0.717) is 0 Å². The van der Waals surface area contributed by atoms with Crippen molar-refractivity contribution in [1.82, 2.24) is 0 Å². The molecule has 2 N–H and O–H groups in total. The van der Waals surface area contributed by atoms with Crippen molar-refractivity contribution in [2.75, 3.05) is 0 Å². The minimum atomic E-state index is -2.22. The van der Waals surface area contributed by atoms with Gasteiger partial charge in [0, 0.05) is 6.42 Å². The average Bonchev–Trinajstić information content (AvgIpc) is 1.68. The summed E-state index contributed by atoms with van der Waals surface area (Å²) < 4.78 is 0. The van der Waals surface area contributed by atoms with Crippen molar-refractivity contribution < 1.29 is 15.0 Å². The van der Waals surface area contributed by atoms with Gasteiger partial charge in [-0.25, -0.2) is 0 Å². The van der Waals surface area contributed by atoms with E-state index in [4.69, 9.17) is 10.2 Å². The van der Waals surface area contributed by atoms with Gasteiger partial charge in [-0.15, -0.1) is 0 Å². The summed E-state index contributed by atoms with van der Waals surface area (Å²) in [6.07, 6.45) is 1.03. The van der Waals surface area contributed by atoms with Gasteiger partial charge in [-0.3, -0.25) is 4.79 Å². The highest BCUT2D eigenvalue weighted by molar-refractivity contribution is 5.59. The third-order valence-electron chi connectivity index (χ3n) is 0.656. The van der Waals surface area contributed by atoms with Gasteiger partial charge in [0.25, 0.3) is 6.29 Å². The standard InChI is InChI=1S/C4H7O3/c1-2-4(6,7)3-5/h6-7H,2H2,1H3. The summed E-state index contributed by atoms with van der Waals surface area (Å²) in [6, 6.07) is 0. The Morgan fingerprint density at radius 2 is 2.14 bits per heavy atom. The molecule has 0 bridgehead atoms. The van der Waals surface area contributed by atoms with Gasteiger partial charge in [-0.05, 0) is 0 Å². The molecule has 0 aromatic heterocycles. The molecule has 1 radical (unpaired) electrons. The molecule has 0 saturated carbocycles. The fourth-order valence-corrected chi connectivity index (χ4v) is 0.0722. The molecule has 0 aliphatic rings. The van der Waals surface area contributed by atoms with E-state index >= 15 is 0 Å². The molecule has 0 aromatic carbocycles. The lowest BCUT2D eigenvalue weighted by molar-refractivity contribution is -0.101. The molecule has 0 rings (SSSR count). The van der Waals surface area contributed by atoms with Gasteiger partial charge < -0.3 is 10.2 Å². The molecule has 0 aliphatic carbocycles. The summed E-state index contributed by atoms with van der Waals surface area (Å²) in [4.78, 5) is 9.43. The summed E-state index contributed by atoms with van der Waals surface area (Å²) in [5, 5.41) is 16.5. The van der Waals surface area contributed by atoms with Crippen LogP contribution in [0.2, 0.25) is 0 Å². The van der Waals surface area contributed by atoms with Crippen molar-refractivity contribution in [3.05, 3.63) is 0 Å². The predicted octanol–water partition coefficient (Wildman–Crippen LogP) is -0.813. The van der Waals surface area contributed by atoms with Gasteiger partial charge in [0.2, 0.25) is 5.79 Å². The highest BCUT2D eigenvalue weighted by Crippen LogP contribution is 1.97. The SMILES string of the molecule is CCC(O)(O)[C]=O. The van der Waals surface area contributed by atoms with E-state index in [1.54, 1.807) is 0 Å². The second-order valence-corrected chi connectivity index (χ2v) is 1.27. The largest absolute Gasteiger partial charge is 0.359 e. The molecule has 0 fully saturated rings. The van der Waals surface area contributed by atoms with E-state index in [-0.39, 0.29) is 6.42 Å². The van der Waals surface area contributed by atoms with E-state index in [0.717, 1.165) is 6.29 Å². The Morgan fingerprint density at radius 1 is 1.71 bits per heavy atom. The molecule has 0 aliphatic heterocycles. The molecule has 3 nitrogen and oxygen atoms in total. The van der Waals surface area contributed by atoms with E-state index in [1.165, 1.54) is 6.92 Å². The highest BCUT2D eigenvalue weighted by atomic mass is 16.5. The zero-order valence-electron chi connectivity index (χ0n) is 4.01. The topological polar surface area (TPSA) is 57.5 Å². The maximum atomic E-state index is 9.43. The lowest BCUT2D eigenvalue weighted by atomic mass is 10.2. The molecule has 0 amide bonds. The molecule has 0 heterocycles. The van der Waals surface area contributed by atoms with Crippen LogP contribution in [0.5, 0.6) is 0 Å². The molecule has 0 saturated heterocycles. The van der Waals surface area contributed by atoms with Gasteiger partial charge in [0.1, 0.15) is 0 Å². The Bertz CT molecular complexity index is 67.3. The molecule has 0 atom stereocenters. The van der Waals surface area contributed by atoms with Crippen LogP contribution in [0.1, 0.15) is 13.3 Å². The molecular formula is C4H7O3. The van der Waals surface area contributed by atoms with Crippen LogP contribution in [0.4, 0.5) is 0 Å². The van der Waals surface area contributed by atoms with Crippen LogP contribution in [-0.4, -0.2) is 22.3 Å². The Morgan fingerprint density at radius 3 is 2.14 bits per heavy atom. The number of rotatable bonds is 2. The van der Waals surface area contributed by atoms with Crippen molar-refractivity contribution >= 4 is 6.29 Å². The number of carbonyl (C=O) groups excluding carboxylic acids is 1. The first kappa shape index (κ1) is 6.59. The monoisotopic (exact) mass is 103 g/mol. The van der Waals surface area contributed by atoms with Crippen molar-refractivity contribution in [2.45, 2.75) is 19.1 Å². The summed E-state index contributed by atoms with van der Waals surface area (Å²) in [5.41, 5.74) is 0. The van der Waals surface area contributed by atoms with Crippen LogP contribution >= 0.6 is 0 Å². The van der Waals surface area contributed by atoms with Crippen molar-refractivity contribution in [3.8, 4) is 0 Å². The van der Waals surface area contributed by atoms with Gasteiger partial charge in [-0.2, -0.15) is 0 Å². The smallest absolute Gasteiger partial charge is 0.262 e. The fourth-order valence-electron chi connectivity index (χ4n) is 0.0722. The summed E-state index contributed by atoms with van der Waals surface area (Å²) in [5.74, 6) is -2.22. The molecule has 3 heteroatoms. The van der Waals surface area contributed by atoms with E-state index in [1.807, 2.05) is 0 Å². The predicted molar refractivity (Wildman–Crippen MR) is 23.2 cm³/mol. The number of hydrogen-bond acceptors (Lipinski definition) is 3. The summed E-state index contributed by atoms with van der Waals surface area (Å²) >= 11 is 0. The Hall–Kier alpha value is -0.410. The lowest BCUT2D eigenvalue weighted by Crippen LogP contribution is -2.27. The lowest BCUT2D eigenvalue weighted by Gasteiger charge is -2.06. The first-order valence-electron chi connectivity index (χ1n) is 1.96. The van der Waals surface area contributed by atoms with Crippen LogP contribution in [0, 0.1) is 0 Å². The van der Waals surface area contributed by atoms with Crippen LogP contribution in [-0.2, 0) is 4.79 Å². The third-order valence-corrected chi connectivity index (χ3v) is 0.656. The molecule has 7 heavy (non-hydrogen) atoms. The van der Waals surface area contributed by atoms with Gasteiger partial charge in [0.05, 0.1) is 0 Å². The minimum Gasteiger partial charge on any atom is -0.359 e. The van der Waals surface area contributed by atoms with Gasteiger partial charge in [0.15, 0.2) is 0 Å². The molecule has 0 unspecified atom stereocenters. The molecule has 41 valence electrons. The van der Waals surface area contributed by atoms with E-state index in [2.05, 4.69) is 0 Å². The first-order chi connectivity index (χ1) is 3.12. The normalized spacial score (nSPS) is 11.3. The number of hydrogen-bond donors (Lipinski definition) is 2. The summed E-state index contributed by atoms with van der Waals surface area (Å²) in [6.45, 7) is 1.48. The van der Waals surface area contributed by atoms with Crippen molar-refractivity contribution in [2.24, 2.45) is 0 Å². The second-order valence-electron chi connectivity index (χ2n) is 1.27. The van der Waals surface area contributed by atoms with Gasteiger partial charge >= 0.3 is 0 Å². The maximum absolute atomic E-state index is 9.43. The van der Waals surface area contributed by atoms with Crippen LogP contribution in [0.3, 0.4) is 0 Å². The molecule has 0 spiro atoms.